The molecule has 2 aliphatic rings. The van der Waals surface area contributed by atoms with Gasteiger partial charge in [-0.05, 0) is 135 Å². The summed E-state index contributed by atoms with van der Waals surface area (Å²) in [7, 11) is 0. The van der Waals surface area contributed by atoms with Crippen molar-refractivity contribution in [3.63, 3.8) is 0 Å². The Morgan fingerprint density at radius 2 is 1.12 bits per heavy atom. The SMILES string of the molecule is CC(C)(C)OC(=O)[C@@H](Cc1cccc([S+]([O-])c2cccc(C[C@H](C(=O)OC(C)(C)C)[C@H]3CCN(C(=O)OC(C)(C)C)C3)c2)c1)[C@H]1CCN(C(=O)O)C1. The second-order valence-corrected chi connectivity index (χ2v) is 18.5. The fourth-order valence-corrected chi connectivity index (χ4v) is 7.95. The van der Waals surface area contributed by atoms with Crippen LogP contribution in [0.3, 0.4) is 0 Å². The van der Waals surface area contributed by atoms with Crippen LogP contribution in [0.2, 0.25) is 0 Å². The number of likely N-dealkylation sites (tertiary alicyclic amines) is 2. The predicted molar refractivity (Wildman–Crippen MR) is 197 cm³/mol. The van der Waals surface area contributed by atoms with Crippen molar-refractivity contribution < 1.29 is 43.0 Å². The maximum absolute atomic E-state index is 14.0. The normalized spacial score (nSPS) is 19.9. The highest BCUT2D eigenvalue weighted by atomic mass is 32.2. The summed E-state index contributed by atoms with van der Waals surface area (Å²) < 4.78 is 31.2. The Hall–Kier alpha value is -3.77. The van der Waals surface area contributed by atoms with Crippen LogP contribution in [-0.2, 0) is 47.8 Å². The van der Waals surface area contributed by atoms with Crippen LogP contribution >= 0.6 is 0 Å². The van der Waals surface area contributed by atoms with E-state index in [2.05, 4.69) is 0 Å². The van der Waals surface area contributed by atoms with Crippen LogP contribution in [0, 0.1) is 23.7 Å². The molecule has 2 amide bonds. The van der Waals surface area contributed by atoms with Crippen molar-refractivity contribution in [2.45, 2.75) is 115 Å². The number of hydrogen-bond acceptors (Lipinski definition) is 8. The molecule has 0 saturated carbocycles. The lowest BCUT2D eigenvalue weighted by molar-refractivity contribution is -0.163. The van der Waals surface area contributed by atoms with E-state index in [0.29, 0.717) is 55.1 Å². The molecule has 286 valence electrons. The molecule has 0 aliphatic carbocycles. The van der Waals surface area contributed by atoms with E-state index in [1.807, 2.05) is 77.9 Å². The summed E-state index contributed by atoms with van der Waals surface area (Å²) in [5.41, 5.74) is -0.403. The molecular weight excluding hydrogens is 685 g/mol. The molecule has 2 aromatic rings. The smallest absolute Gasteiger partial charge is 0.410 e. The summed E-state index contributed by atoms with van der Waals surface area (Å²) in [6.45, 7) is 17.8. The number of hydrogen-bond donors (Lipinski definition) is 1. The molecule has 1 unspecified atom stereocenters. The largest absolute Gasteiger partial charge is 0.606 e. The molecule has 4 rings (SSSR count). The third-order valence-corrected chi connectivity index (χ3v) is 10.4. The third kappa shape index (κ3) is 11.9. The molecule has 0 radical (unpaired) electrons. The highest BCUT2D eigenvalue weighted by Gasteiger charge is 2.40. The molecule has 1 N–H and O–H groups in total. The van der Waals surface area contributed by atoms with Crippen LogP contribution in [0.4, 0.5) is 9.59 Å². The van der Waals surface area contributed by atoms with Crippen molar-refractivity contribution in [1.29, 1.82) is 0 Å². The molecule has 0 aromatic heterocycles. The lowest BCUT2D eigenvalue weighted by atomic mass is 9.86. The number of rotatable bonds is 10. The Bertz CT molecular complexity index is 1590. The van der Waals surface area contributed by atoms with E-state index >= 15 is 0 Å². The van der Waals surface area contributed by atoms with Gasteiger partial charge in [-0.15, -0.1) is 0 Å². The van der Waals surface area contributed by atoms with Crippen LogP contribution in [0.15, 0.2) is 58.3 Å². The van der Waals surface area contributed by atoms with Gasteiger partial charge in [-0.3, -0.25) is 9.59 Å². The lowest BCUT2D eigenvalue weighted by Gasteiger charge is -2.28. The van der Waals surface area contributed by atoms with Crippen molar-refractivity contribution in [2.24, 2.45) is 23.7 Å². The van der Waals surface area contributed by atoms with Gasteiger partial charge in [-0.2, -0.15) is 0 Å². The van der Waals surface area contributed by atoms with E-state index in [1.165, 1.54) is 4.90 Å². The summed E-state index contributed by atoms with van der Waals surface area (Å²) in [6, 6.07) is 14.7. The fourth-order valence-electron chi connectivity index (χ4n) is 6.76. The molecule has 0 spiro atoms. The molecule has 12 heteroatoms. The molecule has 2 aromatic carbocycles. The van der Waals surface area contributed by atoms with Gasteiger partial charge in [0.1, 0.15) is 16.8 Å². The summed E-state index contributed by atoms with van der Waals surface area (Å²) in [5.74, 6) is -2.16. The molecule has 2 aliphatic heterocycles. The topological polar surface area (TPSA) is 146 Å². The summed E-state index contributed by atoms with van der Waals surface area (Å²) in [4.78, 5) is 55.6. The van der Waals surface area contributed by atoms with E-state index in [9.17, 15) is 28.8 Å². The Morgan fingerprint density at radius 1 is 0.712 bits per heavy atom. The molecule has 2 saturated heterocycles. The number of benzene rings is 2. The second-order valence-electron chi connectivity index (χ2n) is 17.0. The van der Waals surface area contributed by atoms with Crippen molar-refractivity contribution >= 4 is 35.3 Å². The molecule has 11 nitrogen and oxygen atoms in total. The minimum absolute atomic E-state index is 0.145. The number of amides is 2. The van der Waals surface area contributed by atoms with E-state index in [4.69, 9.17) is 14.2 Å². The molecular formula is C40H56N2O9S. The molecule has 5 atom stereocenters. The highest BCUT2D eigenvalue weighted by Crippen LogP contribution is 2.33. The zero-order chi connectivity index (χ0) is 38.6. The van der Waals surface area contributed by atoms with Gasteiger partial charge in [0.25, 0.3) is 0 Å². The first-order valence-corrected chi connectivity index (χ1v) is 19.2. The Balaban J connectivity index is 1.54. The Morgan fingerprint density at radius 3 is 1.50 bits per heavy atom. The third-order valence-electron chi connectivity index (χ3n) is 9.07. The van der Waals surface area contributed by atoms with Gasteiger partial charge in [-0.25, -0.2) is 9.59 Å². The second kappa shape index (κ2) is 16.5. The highest BCUT2D eigenvalue weighted by molar-refractivity contribution is 7.91. The average molecular weight is 741 g/mol. The van der Waals surface area contributed by atoms with Crippen molar-refractivity contribution in [1.82, 2.24) is 9.80 Å². The van der Waals surface area contributed by atoms with Crippen molar-refractivity contribution in [3.8, 4) is 0 Å². The maximum Gasteiger partial charge on any atom is 0.410 e. The van der Waals surface area contributed by atoms with Gasteiger partial charge < -0.3 is 33.7 Å². The van der Waals surface area contributed by atoms with Gasteiger partial charge >= 0.3 is 24.1 Å². The van der Waals surface area contributed by atoms with Crippen LogP contribution in [-0.4, -0.2) is 86.6 Å². The quantitative estimate of drug-likeness (QED) is 0.153. The zero-order valence-corrected chi connectivity index (χ0v) is 32.9. The van der Waals surface area contributed by atoms with Gasteiger partial charge in [0.05, 0.1) is 11.8 Å². The number of carbonyl (C=O) groups excluding carboxylic acids is 3. The minimum atomic E-state index is -1.58. The summed E-state index contributed by atoms with van der Waals surface area (Å²) in [5, 5.41) is 9.53. The van der Waals surface area contributed by atoms with E-state index < -0.39 is 52.0 Å². The molecule has 0 bridgehead atoms. The number of esters is 2. The number of carbonyl (C=O) groups is 4. The lowest BCUT2D eigenvalue weighted by Crippen LogP contribution is -2.38. The molecule has 2 fully saturated rings. The van der Waals surface area contributed by atoms with Crippen LogP contribution < -0.4 is 0 Å². The Labute approximate surface area is 311 Å². The van der Waals surface area contributed by atoms with Gasteiger partial charge in [0.15, 0.2) is 9.79 Å². The van der Waals surface area contributed by atoms with Crippen molar-refractivity contribution in [3.05, 3.63) is 59.7 Å². The molecule has 2 heterocycles. The summed E-state index contributed by atoms with van der Waals surface area (Å²) in [6.07, 6.45) is 0.435. The fraction of sp³-hybridized carbons (Fsp3) is 0.600. The van der Waals surface area contributed by atoms with E-state index in [-0.39, 0.29) is 30.3 Å². The summed E-state index contributed by atoms with van der Waals surface area (Å²) >= 11 is -1.58. The Kier molecular flexibility index (Phi) is 13.0. The average Bonchev–Trinajstić information content (AvgIpc) is 3.71. The number of ether oxygens (including phenoxy) is 3. The predicted octanol–water partition coefficient (Wildman–Crippen LogP) is 7.11. The van der Waals surface area contributed by atoms with Crippen LogP contribution in [0.1, 0.15) is 86.3 Å². The van der Waals surface area contributed by atoms with Crippen LogP contribution in [0.5, 0.6) is 0 Å². The van der Waals surface area contributed by atoms with Gasteiger partial charge in [0, 0.05) is 37.4 Å². The monoisotopic (exact) mass is 740 g/mol. The number of carboxylic acid groups (broad SMARTS) is 1. The first-order chi connectivity index (χ1) is 24.1. The van der Waals surface area contributed by atoms with Gasteiger partial charge in [-0.1, -0.05) is 24.3 Å². The number of nitrogens with zero attached hydrogens (tertiary/aromatic N) is 2. The van der Waals surface area contributed by atoms with E-state index in [1.54, 1.807) is 37.8 Å². The van der Waals surface area contributed by atoms with Crippen LogP contribution in [0.25, 0.3) is 0 Å². The maximum atomic E-state index is 14.0. The standard InChI is InChI=1S/C40H56N2O9S/c1-38(2,3)49-34(43)32(28-16-18-41(24-28)36(45)46)22-26-12-10-14-30(20-26)52(48)31-15-11-13-27(21-31)23-33(35(44)50-39(4,5)6)29-17-19-42(25-29)37(47)51-40(7,8)9/h10-15,20-21,28-29,32-33H,16-19,22-25H2,1-9H3,(H,45,46)/t28-,29-,32-,33-,52?/m0/s1. The first-order valence-electron chi connectivity index (χ1n) is 18.1. The zero-order valence-electron chi connectivity index (χ0n) is 32.1. The van der Waals surface area contributed by atoms with E-state index in [0.717, 1.165) is 11.1 Å². The molecule has 52 heavy (non-hydrogen) atoms. The van der Waals surface area contributed by atoms with Gasteiger partial charge in [0.2, 0.25) is 0 Å². The minimum Gasteiger partial charge on any atom is -0.606 e. The van der Waals surface area contributed by atoms with Crippen molar-refractivity contribution in [2.75, 3.05) is 26.2 Å². The first kappa shape index (κ1) is 41.0.